The first-order valence-corrected chi connectivity index (χ1v) is 6.83. The van der Waals surface area contributed by atoms with Crippen LogP contribution in [-0.2, 0) is 4.74 Å². The molecular formula is C15H23N3O3. The topological polar surface area (TPSA) is 83.8 Å². The molecule has 6 nitrogen and oxygen atoms in total. The molecule has 0 saturated heterocycles. The van der Waals surface area contributed by atoms with Crippen LogP contribution in [0, 0.1) is 0 Å². The number of ether oxygens (including phenoxy) is 1. The lowest BCUT2D eigenvalue weighted by Gasteiger charge is -2.20. The molecule has 0 aromatic carbocycles. The summed E-state index contributed by atoms with van der Waals surface area (Å²) in [6.45, 7) is 9.15. The van der Waals surface area contributed by atoms with E-state index >= 15 is 0 Å². The van der Waals surface area contributed by atoms with Crippen molar-refractivity contribution in [2.24, 2.45) is 4.99 Å². The van der Waals surface area contributed by atoms with Gasteiger partial charge in [-0.25, -0.2) is 9.78 Å². The summed E-state index contributed by atoms with van der Waals surface area (Å²) in [6, 6.07) is 3.57. The number of aliphatic imine (C=N–C) groups is 1. The lowest BCUT2D eigenvalue weighted by Crippen LogP contribution is -2.28. The van der Waals surface area contributed by atoms with Crippen molar-refractivity contribution >= 4 is 17.6 Å². The second kappa shape index (κ2) is 7.17. The summed E-state index contributed by atoms with van der Waals surface area (Å²) < 4.78 is 5.20. The van der Waals surface area contributed by atoms with E-state index in [9.17, 15) is 9.90 Å². The highest BCUT2D eigenvalue weighted by Gasteiger charge is 2.18. The number of aliphatic hydroxyl groups is 1. The maximum atomic E-state index is 11.8. The number of hydrogen-bond acceptors (Lipinski definition) is 5. The Morgan fingerprint density at radius 3 is 2.76 bits per heavy atom. The summed E-state index contributed by atoms with van der Waals surface area (Å²) in [6.07, 6.45) is 0.502. The van der Waals surface area contributed by atoms with Crippen LogP contribution in [0.2, 0.25) is 0 Å². The van der Waals surface area contributed by atoms with Crippen molar-refractivity contribution in [3.63, 3.8) is 0 Å². The first-order valence-electron chi connectivity index (χ1n) is 6.83. The number of nitrogens with one attached hydrogen (secondary N) is 1. The van der Waals surface area contributed by atoms with Crippen LogP contribution in [0.25, 0.3) is 0 Å². The van der Waals surface area contributed by atoms with Crippen LogP contribution in [0.1, 0.15) is 40.2 Å². The molecule has 0 aliphatic heterocycles. The molecule has 1 atom stereocenters. The molecule has 0 spiro atoms. The van der Waals surface area contributed by atoms with Gasteiger partial charge in [-0.15, -0.1) is 0 Å². The van der Waals surface area contributed by atoms with Crippen molar-refractivity contribution in [3.05, 3.63) is 23.9 Å². The minimum absolute atomic E-state index is 0.298. The molecule has 21 heavy (non-hydrogen) atoms. The molecule has 1 amide bonds. The Kier molecular flexibility index (Phi) is 5.84. The van der Waals surface area contributed by atoms with Gasteiger partial charge in [-0.1, -0.05) is 0 Å². The number of rotatable bonds is 4. The predicted molar refractivity (Wildman–Crippen MR) is 82.9 cm³/mol. The number of hydrogen-bond donors (Lipinski definition) is 2. The summed E-state index contributed by atoms with van der Waals surface area (Å²) in [7, 11) is 0. The molecule has 1 aromatic rings. The Bertz CT molecular complexity index is 519. The highest BCUT2D eigenvalue weighted by Crippen LogP contribution is 2.15. The van der Waals surface area contributed by atoms with Crippen molar-refractivity contribution < 1.29 is 14.6 Å². The molecule has 0 fully saturated rings. The number of amides is 1. The average molecular weight is 293 g/mol. The van der Waals surface area contributed by atoms with E-state index in [1.807, 2.05) is 0 Å². The van der Waals surface area contributed by atoms with Crippen LogP contribution < -0.4 is 5.32 Å². The Morgan fingerprint density at radius 1 is 1.52 bits per heavy atom. The molecule has 116 valence electrons. The van der Waals surface area contributed by atoms with Crippen molar-refractivity contribution in [1.29, 1.82) is 0 Å². The molecule has 2 N–H and O–H groups in total. The Labute approximate surface area is 125 Å². The normalized spacial score (nSPS) is 13.7. The van der Waals surface area contributed by atoms with Gasteiger partial charge in [0, 0.05) is 17.5 Å². The maximum absolute atomic E-state index is 11.8. The molecular weight excluding hydrogens is 270 g/mol. The summed E-state index contributed by atoms with van der Waals surface area (Å²) in [5, 5.41) is 11.9. The monoisotopic (exact) mass is 293 g/mol. The zero-order valence-corrected chi connectivity index (χ0v) is 13.2. The highest BCUT2D eigenvalue weighted by atomic mass is 16.6. The van der Waals surface area contributed by atoms with Gasteiger partial charge < -0.3 is 9.84 Å². The van der Waals surface area contributed by atoms with E-state index in [-0.39, 0.29) is 0 Å². The molecule has 1 aromatic heterocycles. The molecule has 0 aliphatic rings. The molecule has 0 radical (unpaired) electrons. The minimum atomic E-state index is -0.575. The van der Waals surface area contributed by atoms with Gasteiger partial charge in [0.2, 0.25) is 0 Å². The van der Waals surface area contributed by atoms with Crippen LogP contribution in [0.4, 0.5) is 10.6 Å². The van der Waals surface area contributed by atoms with Gasteiger partial charge in [0.25, 0.3) is 0 Å². The van der Waals surface area contributed by atoms with Crippen LogP contribution in [-0.4, -0.2) is 40.1 Å². The van der Waals surface area contributed by atoms with Crippen LogP contribution in [0.5, 0.6) is 0 Å². The predicted octanol–water partition coefficient (Wildman–Crippen LogP) is 2.62. The number of pyridine rings is 1. The summed E-state index contributed by atoms with van der Waals surface area (Å²) in [5.41, 5.74) is 0.813. The van der Waals surface area contributed by atoms with E-state index in [1.165, 1.54) is 0 Å². The van der Waals surface area contributed by atoms with Crippen molar-refractivity contribution in [1.82, 2.24) is 4.98 Å². The molecule has 1 heterocycles. The molecule has 0 bridgehead atoms. The van der Waals surface area contributed by atoms with E-state index in [0.29, 0.717) is 23.6 Å². The number of carbonyl (C=O) groups is 1. The smallest absolute Gasteiger partial charge is 0.413 e. The number of carbonyl (C=O) groups excluding carboxylic acids is 1. The van der Waals surface area contributed by atoms with Gasteiger partial charge in [-0.2, -0.15) is 0 Å². The second-order valence-corrected chi connectivity index (χ2v) is 5.80. The number of nitrogens with zero attached hydrogens (tertiary/aromatic N) is 2. The third-order valence-corrected chi connectivity index (χ3v) is 2.41. The lowest BCUT2D eigenvalue weighted by molar-refractivity contribution is 0.0635. The first kappa shape index (κ1) is 17.1. The number of aliphatic hydroxyl groups excluding tert-OH is 1. The minimum Gasteiger partial charge on any atom is -0.444 e. The Balaban J connectivity index is 2.89. The third-order valence-electron chi connectivity index (χ3n) is 2.41. The summed E-state index contributed by atoms with van der Waals surface area (Å²) in [4.78, 5) is 20.2. The molecule has 6 heteroatoms. The lowest BCUT2D eigenvalue weighted by atomic mass is 10.1. The van der Waals surface area contributed by atoms with E-state index < -0.39 is 17.8 Å². The first-order chi connectivity index (χ1) is 9.69. The molecule has 1 rings (SSSR count). The summed E-state index contributed by atoms with van der Waals surface area (Å²) >= 11 is 0. The maximum Gasteiger partial charge on any atom is 0.413 e. The highest BCUT2D eigenvalue weighted by molar-refractivity contribution is 6.04. The van der Waals surface area contributed by atoms with Crippen molar-refractivity contribution in [2.45, 2.75) is 46.3 Å². The van der Waals surface area contributed by atoms with Gasteiger partial charge in [0.15, 0.2) is 0 Å². The fourth-order valence-corrected chi connectivity index (χ4v) is 1.55. The van der Waals surface area contributed by atoms with Crippen LogP contribution in [0.15, 0.2) is 23.3 Å². The molecule has 0 aliphatic carbocycles. The van der Waals surface area contributed by atoms with Gasteiger partial charge in [0.05, 0.1) is 12.6 Å². The SMILES string of the molecule is CC(=NC[C@H](C)O)c1cccnc1NC(=O)OC(C)(C)C. The van der Waals surface area contributed by atoms with Gasteiger partial charge in [-0.3, -0.25) is 10.3 Å². The zero-order chi connectivity index (χ0) is 16.0. The van der Waals surface area contributed by atoms with E-state index in [2.05, 4.69) is 15.3 Å². The van der Waals surface area contributed by atoms with Crippen molar-refractivity contribution in [2.75, 3.05) is 11.9 Å². The van der Waals surface area contributed by atoms with Gasteiger partial charge in [0.1, 0.15) is 11.4 Å². The van der Waals surface area contributed by atoms with Crippen molar-refractivity contribution in [3.8, 4) is 0 Å². The van der Waals surface area contributed by atoms with Crippen LogP contribution >= 0.6 is 0 Å². The second-order valence-electron chi connectivity index (χ2n) is 5.80. The Morgan fingerprint density at radius 2 is 2.19 bits per heavy atom. The zero-order valence-electron chi connectivity index (χ0n) is 13.2. The Hall–Kier alpha value is -1.95. The molecule has 0 saturated carbocycles. The van der Waals surface area contributed by atoms with Gasteiger partial charge >= 0.3 is 6.09 Å². The van der Waals surface area contributed by atoms with Crippen LogP contribution in [0.3, 0.4) is 0 Å². The fraction of sp³-hybridized carbons (Fsp3) is 0.533. The quantitative estimate of drug-likeness (QED) is 0.836. The fourth-order valence-electron chi connectivity index (χ4n) is 1.55. The van der Waals surface area contributed by atoms with Gasteiger partial charge in [-0.05, 0) is 46.8 Å². The standard InChI is InChI=1S/C15H23N3O3/c1-10(19)9-17-11(2)12-7-6-8-16-13(12)18-14(20)21-15(3,4)5/h6-8,10,19H,9H2,1-5H3,(H,16,18,20)/t10-/m0/s1. The average Bonchev–Trinajstić information content (AvgIpc) is 2.34. The van der Waals surface area contributed by atoms with E-state index in [0.717, 1.165) is 0 Å². The third kappa shape index (κ3) is 6.35. The number of anilines is 1. The molecule has 0 unspecified atom stereocenters. The van der Waals surface area contributed by atoms with E-state index in [1.54, 1.807) is 52.9 Å². The van der Waals surface area contributed by atoms with E-state index in [4.69, 9.17) is 4.74 Å². The largest absolute Gasteiger partial charge is 0.444 e. The number of aromatic nitrogens is 1. The summed E-state index contributed by atoms with van der Waals surface area (Å²) in [5.74, 6) is 0.388.